The van der Waals surface area contributed by atoms with Crippen LogP contribution in [0.3, 0.4) is 0 Å². The summed E-state index contributed by atoms with van der Waals surface area (Å²) < 4.78 is 0. The van der Waals surface area contributed by atoms with Gasteiger partial charge in [0.05, 0.1) is 17.0 Å². The predicted molar refractivity (Wildman–Crippen MR) is 65.2 cm³/mol. The lowest BCUT2D eigenvalue weighted by atomic mass is 10.0. The largest absolute Gasteiger partial charge is 0.480 e. The number of aliphatic carboxylic acids is 1. The maximum atomic E-state index is 12.0. The molecule has 0 unspecified atom stereocenters. The molecule has 0 bridgehead atoms. The first-order valence-corrected chi connectivity index (χ1v) is 5.67. The van der Waals surface area contributed by atoms with Gasteiger partial charge in [-0.15, -0.1) is 0 Å². The lowest BCUT2D eigenvalue weighted by Gasteiger charge is -2.18. The van der Waals surface area contributed by atoms with E-state index in [0.29, 0.717) is 17.0 Å². The number of hydrogen-bond donors (Lipinski definition) is 2. The molecule has 0 aliphatic carbocycles. The van der Waals surface area contributed by atoms with Crippen LogP contribution >= 0.6 is 0 Å². The highest BCUT2D eigenvalue weighted by atomic mass is 16.4. The molecule has 98 valence electrons. The van der Waals surface area contributed by atoms with Gasteiger partial charge in [-0.25, -0.2) is 4.79 Å². The van der Waals surface area contributed by atoms with Gasteiger partial charge >= 0.3 is 5.97 Å². The lowest BCUT2D eigenvalue weighted by molar-refractivity contribution is -0.140. The van der Waals surface area contributed by atoms with Crippen molar-refractivity contribution in [3.05, 3.63) is 23.0 Å². The summed E-state index contributed by atoms with van der Waals surface area (Å²) in [6, 6.07) is 0.682. The fourth-order valence-corrected chi connectivity index (χ4v) is 1.51. The van der Waals surface area contributed by atoms with Crippen molar-refractivity contribution in [1.82, 2.24) is 15.5 Å². The fourth-order valence-electron chi connectivity index (χ4n) is 1.51. The van der Waals surface area contributed by atoms with Gasteiger partial charge in [0.1, 0.15) is 6.04 Å². The molecule has 18 heavy (non-hydrogen) atoms. The first-order valence-electron chi connectivity index (χ1n) is 5.67. The Labute approximate surface area is 105 Å². The van der Waals surface area contributed by atoms with Crippen LogP contribution in [0.5, 0.6) is 0 Å². The molecule has 0 fully saturated rings. The number of carbonyl (C=O) groups excluding carboxylic acids is 1. The molecule has 0 aliphatic heterocycles. The van der Waals surface area contributed by atoms with Crippen LogP contribution in [0, 0.1) is 19.8 Å². The second-order valence-corrected chi connectivity index (χ2v) is 4.52. The summed E-state index contributed by atoms with van der Waals surface area (Å²) >= 11 is 0. The van der Waals surface area contributed by atoms with Crippen LogP contribution in [-0.4, -0.2) is 33.2 Å². The number of hydrogen-bond acceptors (Lipinski definition) is 4. The Morgan fingerprint density at radius 1 is 1.28 bits per heavy atom. The second-order valence-electron chi connectivity index (χ2n) is 4.52. The zero-order chi connectivity index (χ0) is 13.9. The van der Waals surface area contributed by atoms with E-state index in [1.54, 1.807) is 33.8 Å². The van der Waals surface area contributed by atoms with Gasteiger partial charge < -0.3 is 10.4 Å². The molecule has 6 nitrogen and oxygen atoms in total. The molecule has 0 saturated carbocycles. The maximum Gasteiger partial charge on any atom is 0.326 e. The number of nitrogens with one attached hydrogen (secondary N) is 1. The quantitative estimate of drug-likeness (QED) is 0.830. The van der Waals surface area contributed by atoms with E-state index in [9.17, 15) is 9.59 Å². The van der Waals surface area contributed by atoms with Gasteiger partial charge in [-0.3, -0.25) is 4.79 Å². The van der Waals surface area contributed by atoms with Crippen molar-refractivity contribution in [2.75, 3.05) is 0 Å². The van der Waals surface area contributed by atoms with Crippen LogP contribution in [0.1, 0.15) is 35.6 Å². The summed E-state index contributed by atoms with van der Waals surface area (Å²) in [4.78, 5) is 23.0. The van der Waals surface area contributed by atoms with Crippen LogP contribution in [0.4, 0.5) is 0 Å². The molecule has 0 saturated heterocycles. The summed E-state index contributed by atoms with van der Waals surface area (Å²) in [5.74, 6) is -1.68. The maximum absolute atomic E-state index is 12.0. The summed E-state index contributed by atoms with van der Waals surface area (Å²) in [5.41, 5.74) is 1.45. The van der Waals surface area contributed by atoms with E-state index in [4.69, 9.17) is 5.11 Å². The van der Waals surface area contributed by atoms with E-state index >= 15 is 0 Å². The van der Waals surface area contributed by atoms with E-state index in [-0.39, 0.29) is 5.92 Å². The van der Waals surface area contributed by atoms with E-state index in [0.717, 1.165) is 0 Å². The predicted octanol–water partition coefficient (Wildman–Crippen LogP) is 0.932. The van der Waals surface area contributed by atoms with Crippen molar-refractivity contribution in [3.63, 3.8) is 0 Å². The molecule has 6 heteroatoms. The van der Waals surface area contributed by atoms with Crippen molar-refractivity contribution >= 4 is 11.9 Å². The SMILES string of the molecule is Cc1cc(C(=O)N[C@H](C(=O)O)C(C)C)c(C)nn1. The van der Waals surface area contributed by atoms with E-state index in [1.807, 2.05) is 0 Å². The van der Waals surface area contributed by atoms with E-state index < -0.39 is 17.9 Å². The monoisotopic (exact) mass is 251 g/mol. The molecular formula is C12H17N3O3. The van der Waals surface area contributed by atoms with Crippen LogP contribution < -0.4 is 5.32 Å². The number of nitrogens with zero attached hydrogens (tertiary/aromatic N) is 2. The number of aryl methyl sites for hydroxylation is 2. The van der Waals surface area contributed by atoms with Crippen molar-refractivity contribution in [1.29, 1.82) is 0 Å². The topological polar surface area (TPSA) is 92.2 Å². The first kappa shape index (κ1) is 14.1. The van der Waals surface area contributed by atoms with Crippen LogP contribution in [0.15, 0.2) is 6.07 Å². The van der Waals surface area contributed by atoms with Gasteiger partial charge in [-0.1, -0.05) is 13.8 Å². The minimum Gasteiger partial charge on any atom is -0.480 e. The Hall–Kier alpha value is -1.98. The molecule has 0 aliphatic rings. The van der Waals surface area contributed by atoms with Crippen molar-refractivity contribution in [3.8, 4) is 0 Å². The third kappa shape index (κ3) is 3.26. The van der Waals surface area contributed by atoms with Crippen molar-refractivity contribution in [2.24, 2.45) is 5.92 Å². The van der Waals surface area contributed by atoms with E-state index in [2.05, 4.69) is 15.5 Å². The Balaban J connectivity index is 2.94. The van der Waals surface area contributed by atoms with Gasteiger partial charge in [-0.05, 0) is 25.8 Å². The third-order valence-electron chi connectivity index (χ3n) is 2.56. The zero-order valence-corrected chi connectivity index (χ0v) is 10.9. The molecule has 2 N–H and O–H groups in total. The van der Waals surface area contributed by atoms with Gasteiger partial charge in [0.2, 0.25) is 0 Å². The smallest absolute Gasteiger partial charge is 0.326 e. The van der Waals surface area contributed by atoms with Crippen LogP contribution in [-0.2, 0) is 4.79 Å². The standard InChI is InChI=1S/C12H17N3O3/c1-6(2)10(12(17)18)13-11(16)9-5-7(3)14-15-8(9)4/h5-6,10H,1-4H3,(H,13,16)(H,17,18)/t10-/m0/s1. The first-order chi connectivity index (χ1) is 8.32. The van der Waals surface area contributed by atoms with E-state index in [1.165, 1.54) is 0 Å². The molecule has 1 rings (SSSR count). The molecule has 0 spiro atoms. The summed E-state index contributed by atoms with van der Waals surface area (Å²) in [5, 5.41) is 19.2. The van der Waals surface area contributed by atoms with Gasteiger partial charge in [0.15, 0.2) is 0 Å². The van der Waals surface area contributed by atoms with Gasteiger partial charge in [0.25, 0.3) is 5.91 Å². The minimum absolute atomic E-state index is 0.192. The minimum atomic E-state index is -1.05. The summed E-state index contributed by atoms with van der Waals surface area (Å²) in [6.45, 7) is 6.86. The Bertz CT molecular complexity index is 472. The normalized spacial score (nSPS) is 12.3. The number of aromatic nitrogens is 2. The lowest BCUT2D eigenvalue weighted by Crippen LogP contribution is -2.44. The highest BCUT2D eigenvalue weighted by Crippen LogP contribution is 2.08. The number of carboxylic acid groups (broad SMARTS) is 1. The Morgan fingerprint density at radius 2 is 1.89 bits per heavy atom. The fraction of sp³-hybridized carbons (Fsp3) is 0.500. The summed E-state index contributed by atoms with van der Waals surface area (Å²) in [6.07, 6.45) is 0. The molecule has 1 aromatic heterocycles. The van der Waals surface area contributed by atoms with Crippen molar-refractivity contribution < 1.29 is 14.7 Å². The van der Waals surface area contributed by atoms with Gasteiger partial charge in [0, 0.05) is 0 Å². The molecule has 1 atom stereocenters. The molecule has 1 amide bonds. The van der Waals surface area contributed by atoms with Crippen molar-refractivity contribution in [2.45, 2.75) is 33.7 Å². The Morgan fingerprint density at radius 3 is 2.39 bits per heavy atom. The second kappa shape index (κ2) is 5.57. The zero-order valence-electron chi connectivity index (χ0n) is 10.9. The molecule has 0 aromatic carbocycles. The summed E-state index contributed by atoms with van der Waals surface area (Å²) in [7, 11) is 0. The number of rotatable bonds is 4. The van der Waals surface area contributed by atoms with Gasteiger partial charge in [-0.2, -0.15) is 10.2 Å². The highest BCUT2D eigenvalue weighted by Gasteiger charge is 2.24. The Kier molecular flexibility index (Phi) is 4.36. The molecule has 0 radical (unpaired) electrons. The third-order valence-corrected chi connectivity index (χ3v) is 2.56. The average Bonchev–Trinajstić information content (AvgIpc) is 2.28. The van der Waals surface area contributed by atoms with Crippen LogP contribution in [0.2, 0.25) is 0 Å². The number of carbonyl (C=O) groups is 2. The van der Waals surface area contributed by atoms with Crippen LogP contribution in [0.25, 0.3) is 0 Å². The molecular weight excluding hydrogens is 234 g/mol. The average molecular weight is 251 g/mol. The molecule has 1 aromatic rings. The highest BCUT2D eigenvalue weighted by molar-refractivity contribution is 5.97. The number of amides is 1. The molecule has 1 heterocycles. The number of carboxylic acids is 1.